The maximum absolute atomic E-state index is 13.2. The molecule has 0 spiro atoms. The Labute approximate surface area is 208 Å². The number of aliphatic carboxylic acids is 1. The number of fused-ring (bicyclic) bond motifs is 1. The molecule has 2 heterocycles. The molecule has 4 rings (SSSR count). The van der Waals surface area contributed by atoms with E-state index in [9.17, 15) is 18.3 Å². The third kappa shape index (κ3) is 5.36. The summed E-state index contributed by atoms with van der Waals surface area (Å²) in [4.78, 5) is 15.0. The first-order valence-corrected chi connectivity index (χ1v) is 12.3. The highest BCUT2D eigenvalue weighted by molar-refractivity contribution is 7.93. The van der Waals surface area contributed by atoms with Crippen molar-refractivity contribution in [2.45, 2.75) is 24.5 Å². The number of nitrogens with one attached hydrogen (secondary N) is 1. The average molecular weight is 486 g/mol. The molecule has 0 saturated heterocycles. The standard InChI is InChI=1S/C26H23NO4S2/c1-17-3-6-19(7-4-17)8-9-22-10-12-25(32-22)33(30,31)16-21(26(28)29)14-20-15-27-24-11-5-18(2)13-23(20)24/h3-7,10-13,15,21,27H,14,16H2,1-2H3,(H,28,29)/t21-/m0/s1/i3D,4D,5D,6D,7D,11D,13D,15D. The number of benzene rings is 2. The van der Waals surface area contributed by atoms with E-state index in [0.717, 1.165) is 11.3 Å². The molecule has 168 valence electrons. The van der Waals surface area contributed by atoms with Crippen LogP contribution < -0.4 is 0 Å². The van der Waals surface area contributed by atoms with Crippen LogP contribution >= 0.6 is 11.3 Å². The number of carbonyl (C=O) groups is 1. The van der Waals surface area contributed by atoms with Crippen LogP contribution in [0.5, 0.6) is 0 Å². The van der Waals surface area contributed by atoms with Gasteiger partial charge in [-0.05, 0) is 62.1 Å². The van der Waals surface area contributed by atoms with Gasteiger partial charge in [-0.1, -0.05) is 41.1 Å². The quantitative estimate of drug-likeness (QED) is 0.378. The Morgan fingerprint density at radius 3 is 2.58 bits per heavy atom. The molecule has 0 saturated carbocycles. The fourth-order valence-electron chi connectivity index (χ4n) is 3.10. The van der Waals surface area contributed by atoms with Crippen LogP contribution in [-0.4, -0.2) is 30.2 Å². The van der Waals surface area contributed by atoms with E-state index in [-0.39, 0.29) is 90.7 Å². The summed E-state index contributed by atoms with van der Waals surface area (Å²) < 4.78 is 91.1. The first-order chi connectivity index (χ1) is 19.1. The van der Waals surface area contributed by atoms with Gasteiger partial charge in [-0.15, -0.1) is 11.3 Å². The molecule has 33 heavy (non-hydrogen) atoms. The van der Waals surface area contributed by atoms with Crippen molar-refractivity contribution in [3.05, 3.63) is 87.7 Å². The number of carboxylic acids is 1. The number of thiophene rings is 1. The second-order valence-corrected chi connectivity index (χ2v) is 10.7. The van der Waals surface area contributed by atoms with Gasteiger partial charge in [0.05, 0.1) is 27.5 Å². The van der Waals surface area contributed by atoms with Gasteiger partial charge in [0.2, 0.25) is 0 Å². The molecule has 2 aromatic heterocycles. The highest BCUT2D eigenvalue weighted by Gasteiger charge is 2.28. The van der Waals surface area contributed by atoms with E-state index in [1.807, 2.05) is 0 Å². The lowest BCUT2D eigenvalue weighted by molar-refractivity contribution is -0.140. The smallest absolute Gasteiger partial charge is 0.307 e. The van der Waals surface area contributed by atoms with E-state index < -0.39 is 33.9 Å². The van der Waals surface area contributed by atoms with E-state index in [0.29, 0.717) is 0 Å². The van der Waals surface area contributed by atoms with Crippen LogP contribution in [0.4, 0.5) is 0 Å². The molecule has 0 fully saturated rings. The van der Waals surface area contributed by atoms with Crippen LogP contribution in [0.2, 0.25) is 0 Å². The van der Waals surface area contributed by atoms with Gasteiger partial charge in [0, 0.05) is 22.6 Å². The number of hydrogen-bond acceptors (Lipinski definition) is 4. The van der Waals surface area contributed by atoms with Gasteiger partial charge in [0.25, 0.3) is 0 Å². The molecule has 7 heteroatoms. The lowest BCUT2D eigenvalue weighted by atomic mass is 10.00. The van der Waals surface area contributed by atoms with Crippen LogP contribution in [0.15, 0.2) is 64.8 Å². The summed E-state index contributed by atoms with van der Waals surface area (Å²) in [5.74, 6) is 1.54. The number of H-pyrrole nitrogens is 1. The van der Waals surface area contributed by atoms with Gasteiger partial charge in [-0.25, -0.2) is 8.42 Å². The summed E-state index contributed by atoms with van der Waals surface area (Å²) in [5.41, 5.74) is 0.377. The monoisotopic (exact) mass is 485 g/mol. The molecule has 1 atom stereocenters. The first-order valence-electron chi connectivity index (χ1n) is 13.8. The molecule has 2 aromatic carbocycles. The lowest BCUT2D eigenvalue weighted by Gasteiger charge is -2.12. The molecule has 2 N–H and O–H groups in total. The van der Waals surface area contributed by atoms with Crippen molar-refractivity contribution >= 4 is 38.0 Å². The van der Waals surface area contributed by atoms with Crippen molar-refractivity contribution in [1.82, 2.24) is 4.98 Å². The third-order valence-corrected chi connectivity index (χ3v) is 8.14. The van der Waals surface area contributed by atoms with E-state index in [2.05, 4.69) is 16.8 Å². The predicted octanol–water partition coefficient (Wildman–Crippen LogP) is 4.96. The zero-order valence-corrected chi connectivity index (χ0v) is 19.3. The number of rotatable bonds is 6. The van der Waals surface area contributed by atoms with Crippen molar-refractivity contribution in [3.8, 4) is 11.8 Å². The zero-order chi connectivity index (χ0) is 30.5. The Morgan fingerprint density at radius 1 is 1.12 bits per heavy atom. The van der Waals surface area contributed by atoms with Crippen LogP contribution in [0.25, 0.3) is 10.9 Å². The fraction of sp³-hybridized carbons (Fsp3) is 0.192. The van der Waals surface area contributed by atoms with E-state index >= 15 is 0 Å². The molecule has 4 aromatic rings. The fourth-order valence-corrected chi connectivity index (χ4v) is 5.90. The van der Waals surface area contributed by atoms with E-state index in [1.54, 1.807) is 0 Å². The van der Waals surface area contributed by atoms with Gasteiger partial charge in [0.15, 0.2) is 9.84 Å². The van der Waals surface area contributed by atoms with Crippen molar-refractivity contribution in [3.63, 3.8) is 0 Å². The minimum absolute atomic E-state index is 0.0504. The zero-order valence-electron chi connectivity index (χ0n) is 25.6. The van der Waals surface area contributed by atoms with Crippen molar-refractivity contribution in [1.29, 1.82) is 0 Å². The summed E-state index contributed by atoms with van der Waals surface area (Å²) in [6.07, 6.45) is -0.653. The van der Waals surface area contributed by atoms with Crippen molar-refractivity contribution < 1.29 is 29.3 Å². The highest BCUT2D eigenvalue weighted by atomic mass is 32.2. The van der Waals surface area contributed by atoms with Crippen molar-refractivity contribution in [2.24, 2.45) is 5.92 Å². The van der Waals surface area contributed by atoms with Crippen LogP contribution in [-0.2, 0) is 21.1 Å². The Morgan fingerprint density at radius 2 is 1.85 bits per heavy atom. The van der Waals surface area contributed by atoms with Gasteiger partial charge >= 0.3 is 5.97 Å². The number of hydrogen-bond donors (Lipinski definition) is 2. The molecular weight excluding hydrogens is 454 g/mol. The number of aromatic amines is 1. The largest absolute Gasteiger partial charge is 0.481 e. The summed E-state index contributed by atoms with van der Waals surface area (Å²) >= 11 is 0.768. The molecule has 0 radical (unpaired) electrons. The van der Waals surface area contributed by atoms with E-state index in [4.69, 9.17) is 11.0 Å². The minimum Gasteiger partial charge on any atom is -0.481 e. The average Bonchev–Trinajstić information content (AvgIpc) is 3.53. The Hall–Kier alpha value is -3.34. The Balaban J connectivity index is 1.65. The topological polar surface area (TPSA) is 87.2 Å². The Kier molecular flexibility index (Phi) is 4.14. The van der Waals surface area contributed by atoms with E-state index in [1.165, 1.54) is 26.0 Å². The molecule has 0 aliphatic heterocycles. The SMILES string of the molecule is [2H]c1[nH]c2c([2H])c([2H])c(C)c([2H])c2c1C[C@@H](CS(=O)(=O)c1ccc(C#Cc2c([2H])c([2H])c(C)c([2H])c2[2H])s1)C(=O)O. The summed E-state index contributed by atoms with van der Waals surface area (Å²) in [6, 6.07) is 1.05. The number of carboxylic acid groups (broad SMARTS) is 1. The Bertz CT molecular complexity index is 1890. The van der Waals surface area contributed by atoms with Gasteiger partial charge in [-0.2, -0.15) is 0 Å². The van der Waals surface area contributed by atoms with Gasteiger partial charge in [-0.3, -0.25) is 4.79 Å². The van der Waals surface area contributed by atoms with Crippen LogP contribution in [0.1, 0.15) is 38.1 Å². The molecule has 0 amide bonds. The molecule has 0 unspecified atom stereocenters. The normalized spacial score (nSPS) is 15.7. The second kappa shape index (κ2) is 9.26. The number of sulfone groups is 1. The van der Waals surface area contributed by atoms with Gasteiger partial charge < -0.3 is 10.1 Å². The molecule has 5 nitrogen and oxygen atoms in total. The first kappa shape index (κ1) is 14.7. The number of aromatic nitrogens is 1. The maximum Gasteiger partial charge on any atom is 0.307 e. The minimum atomic E-state index is -4.15. The molecule has 0 bridgehead atoms. The van der Waals surface area contributed by atoms with Crippen LogP contribution in [0, 0.1) is 31.6 Å². The second-order valence-electron chi connectivity index (χ2n) is 7.37. The third-order valence-electron chi connectivity index (χ3n) is 4.75. The summed E-state index contributed by atoms with van der Waals surface area (Å²) in [6.45, 7) is 2.94. The lowest BCUT2D eigenvalue weighted by Crippen LogP contribution is -2.25. The summed E-state index contributed by atoms with van der Waals surface area (Å²) in [7, 11) is -4.15. The molecule has 0 aliphatic rings. The van der Waals surface area contributed by atoms with Gasteiger partial charge in [0.1, 0.15) is 4.21 Å². The molecule has 0 aliphatic carbocycles. The molecular formula is C26H23NO4S2. The predicted molar refractivity (Wildman–Crippen MR) is 131 cm³/mol. The van der Waals surface area contributed by atoms with Crippen LogP contribution in [0.3, 0.4) is 0 Å². The summed E-state index contributed by atoms with van der Waals surface area (Å²) in [5, 5.41) is 9.99. The van der Waals surface area contributed by atoms with Crippen molar-refractivity contribution in [2.75, 3.05) is 5.75 Å². The maximum atomic E-state index is 13.2. The highest BCUT2D eigenvalue weighted by Crippen LogP contribution is 2.27.